The van der Waals surface area contributed by atoms with Crippen molar-refractivity contribution in [2.75, 3.05) is 31.7 Å². The van der Waals surface area contributed by atoms with Crippen molar-refractivity contribution >= 4 is 11.9 Å². The van der Waals surface area contributed by atoms with Crippen LogP contribution in [0.5, 0.6) is 0 Å². The van der Waals surface area contributed by atoms with Gasteiger partial charge in [0, 0.05) is 31.0 Å². The fourth-order valence-electron chi connectivity index (χ4n) is 1.87. The third-order valence-corrected chi connectivity index (χ3v) is 2.79. The largest absolute Gasteiger partial charge is 0.377 e. The molecule has 7 heteroatoms. The number of anilines is 1. The van der Waals surface area contributed by atoms with Gasteiger partial charge in [0.25, 0.3) is 0 Å². The van der Waals surface area contributed by atoms with Crippen molar-refractivity contribution in [1.82, 2.24) is 15.3 Å². The van der Waals surface area contributed by atoms with Crippen molar-refractivity contribution in [2.24, 2.45) is 5.73 Å². The quantitative estimate of drug-likeness (QED) is 0.704. The van der Waals surface area contributed by atoms with Crippen LogP contribution in [0, 0.1) is 0 Å². The van der Waals surface area contributed by atoms with Crippen molar-refractivity contribution in [3.05, 3.63) is 18.0 Å². The summed E-state index contributed by atoms with van der Waals surface area (Å²) in [6.07, 6.45) is 3.48. The first-order valence-electron chi connectivity index (χ1n) is 5.81. The van der Waals surface area contributed by atoms with Gasteiger partial charge >= 0.3 is 0 Å². The molecule has 1 unspecified atom stereocenters. The number of carbonyl (C=O) groups is 1. The number of morpholine rings is 1. The molecule has 2 heterocycles. The van der Waals surface area contributed by atoms with Crippen molar-refractivity contribution in [3.63, 3.8) is 0 Å². The van der Waals surface area contributed by atoms with Crippen LogP contribution < -0.4 is 16.0 Å². The molecule has 0 bridgehead atoms. The lowest BCUT2D eigenvalue weighted by Gasteiger charge is -2.33. The van der Waals surface area contributed by atoms with Gasteiger partial charge < -0.3 is 20.7 Å². The molecule has 1 fully saturated rings. The normalized spacial score (nSPS) is 19.8. The Morgan fingerprint density at radius 3 is 2.94 bits per heavy atom. The Morgan fingerprint density at radius 2 is 2.33 bits per heavy atom. The summed E-state index contributed by atoms with van der Waals surface area (Å²) in [6, 6.07) is -0.492. The number of amides is 1. The smallest absolute Gasteiger partial charge is 0.242 e. The minimum atomic E-state index is -0.492. The number of ether oxygens (including phenoxy) is 1. The third kappa shape index (κ3) is 2.74. The molecule has 1 aromatic heterocycles. The van der Waals surface area contributed by atoms with Gasteiger partial charge in [-0.2, -0.15) is 0 Å². The Hall–Kier alpha value is -1.73. The molecule has 1 aliphatic heterocycles. The monoisotopic (exact) mass is 251 g/mol. The Kier molecular flexibility index (Phi) is 4.06. The number of hydrogen-bond donors (Lipinski definition) is 2. The average Bonchev–Trinajstić information content (AvgIpc) is 2.40. The van der Waals surface area contributed by atoms with Crippen LogP contribution in [-0.2, 0) is 16.1 Å². The fourth-order valence-corrected chi connectivity index (χ4v) is 1.87. The van der Waals surface area contributed by atoms with E-state index in [0.29, 0.717) is 25.6 Å². The Labute approximate surface area is 105 Å². The second-order valence-corrected chi connectivity index (χ2v) is 4.11. The molecule has 3 N–H and O–H groups in total. The number of primary amides is 1. The number of nitrogens with one attached hydrogen (secondary N) is 1. The lowest BCUT2D eigenvalue weighted by molar-refractivity contribution is -0.121. The molecule has 1 aliphatic rings. The summed E-state index contributed by atoms with van der Waals surface area (Å²) in [6.45, 7) is 2.12. The van der Waals surface area contributed by atoms with E-state index in [9.17, 15) is 4.79 Å². The highest BCUT2D eigenvalue weighted by molar-refractivity contribution is 5.83. The molecular formula is C11H17N5O2. The molecule has 1 aromatic rings. The van der Waals surface area contributed by atoms with Gasteiger partial charge in [0.1, 0.15) is 6.04 Å². The van der Waals surface area contributed by atoms with E-state index in [1.165, 1.54) is 0 Å². The van der Waals surface area contributed by atoms with Crippen LogP contribution in [0.4, 0.5) is 5.95 Å². The second-order valence-electron chi connectivity index (χ2n) is 4.11. The molecule has 1 atom stereocenters. The van der Waals surface area contributed by atoms with Gasteiger partial charge in [0.2, 0.25) is 11.9 Å². The van der Waals surface area contributed by atoms with Crippen molar-refractivity contribution < 1.29 is 9.53 Å². The van der Waals surface area contributed by atoms with Crippen LogP contribution in [-0.4, -0.2) is 48.7 Å². The molecule has 0 saturated carbocycles. The first kappa shape index (κ1) is 12.7. The molecule has 98 valence electrons. The molecule has 1 amide bonds. The van der Waals surface area contributed by atoms with Gasteiger partial charge in [-0.15, -0.1) is 0 Å². The molecule has 0 spiro atoms. The molecule has 2 rings (SSSR count). The Bertz CT molecular complexity index is 408. The standard InChI is InChI=1S/C11H17N5O2/c1-13-4-8-5-14-11(15-6-8)16-2-3-18-7-9(16)10(12)17/h5-6,9,13H,2-4,7H2,1H3,(H2,12,17). The van der Waals surface area contributed by atoms with Crippen LogP contribution in [0.25, 0.3) is 0 Å². The predicted molar refractivity (Wildman–Crippen MR) is 65.9 cm³/mol. The van der Waals surface area contributed by atoms with E-state index >= 15 is 0 Å². The molecule has 1 saturated heterocycles. The highest BCUT2D eigenvalue weighted by Gasteiger charge is 2.29. The molecular weight excluding hydrogens is 234 g/mol. The van der Waals surface area contributed by atoms with Crippen LogP contribution in [0.15, 0.2) is 12.4 Å². The first-order chi connectivity index (χ1) is 8.72. The highest BCUT2D eigenvalue weighted by Crippen LogP contribution is 2.14. The van der Waals surface area contributed by atoms with Crippen LogP contribution >= 0.6 is 0 Å². The third-order valence-electron chi connectivity index (χ3n) is 2.79. The van der Waals surface area contributed by atoms with Crippen LogP contribution in [0.1, 0.15) is 5.56 Å². The molecule has 0 aromatic carbocycles. The van der Waals surface area contributed by atoms with Gasteiger partial charge in [0.15, 0.2) is 0 Å². The number of aromatic nitrogens is 2. The van der Waals surface area contributed by atoms with Crippen molar-refractivity contribution in [3.8, 4) is 0 Å². The number of hydrogen-bond acceptors (Lipinski definition) is 6. The molecule has 7 nitrogen and oxygen atoms in total. The van der Waals surface area contributed by atoms with E-state index in [2.05, 4.69) is 15.3 Å². The van der Waals surface area contributed by atoms with Gasteiger partial charge in [0.05, 0.1) is 13.2 Å². The van der Waals surface area contributed by atoms with E-state index in [4.69, 9.17) is 10.5 Å². The minimum Gasteiger partial charge on any atom is -0.377 e. The number of carbonyl (C=O) groups excluding carboxylic acids is 1. The van der Waals surface area contributed by atoms with Gasteiger partial charge in [-0.3, -0.25) is 4.79 Å². The fraction of sp³-hybridized carbons (Fsp3) is 0.545. The zero-order valence-corrected chi connectivity index (χ0v) is 10.3. The van der Waals surface area contributed by atoms with E-state index in [1.54, 1.807) is 17.3 Å². The SMILES string of the molecule is CNCc1cnc(N2CCOCC2C(N)=O)nc1. The summed E-state index contributed by atoms with van der Waals surface area (Å²) < 4.78 is 5.25. The number of nitrogens with zero attached hydrogens (tertiary/aromatic N) is 3. The van der Waals surface area contributed by atoms with Crippen LogP contribution in [0.2, 0.25) is 0 Å². The van der Waals surface area contributed by atoms with Gasteiger partial charge in [-0.25, -0.2) is 9.97 Å². The summed E-state index contributed by atoms with van der Waals surface area (Å²) >= 11 is 0. The predicted octanol–water partition coefficient (Wildman–Crippen LogP) is -1.11. The summed E-state index contributed by atoms with van der Waals surface area (Å²) in [7, 11) is 1.86. The van der Waals surface area contributed by atoms with Gasteiger partial charge in [-0.05, 0) is 7.05 Å². The summed E-state index contributed by atoms with van der Waals surface area (Å²) in [5, 5.41) is 3.02. The van der Waals surface area contributed by atoms with E-state index in [1.807, 2.05) is 7.05 Å². The first-order valence-corrected chi connectivity index (χ1v) is 5.81. The van der Waals surface area contributed by atoms with Crippen molar-refractivity contribution in [1.29, 1.82) is 0 Å². The zero-order valence-electron chi connectivity index (χ0n) is 10.3. The van der Waals surface area contributed by atoms with Crippen molar-refractivity contribution in [2.45, 2.75) is 12.6 Å². The molecule has 0 radical (unpaired) electrons. The number of nitrogens with two attached hydrogens (primary N) is 1. The summed E-state index contributed by atoms with van der Waals surface area (Å²) in [5.74, 6) is 0.0968. The summed E-state index contributed by atoms with van der Waals surface area (Å²) in [5.41, 5.74) is 6.34. The molecule has 18 heavy (non-hydrogen) atoms. The van der Waals surface area contributed by atoms with E-state index in [-0.39, 0.29) is 6.61 Å². The van der Waals surface area contributed by atoms with Gasteiger partial charge in [-0.1, -0.05) is 0 Å². The van der Waals surface area contributed by atoms with E-state index in [0.717, 1.165) is 5.56 Å². The maximum absolute atomic E-state index is 11.3. The Morgan fingerprint density at radius 1 is 1.61 bits per heavy atom. The van der Waals surface area contributed by atoms with E-state index < -0.39 is 11.9 Å². The second kappa shape index (κ2) is 5.74. The lowest BCUT2D eigenvalue weighted by Crippen LogP contribution is -2.53. The highest BCUT2D eigenvalue weighted by atomic mass is 16.5. The topological polar surface area (TPSA) is 93.4 Å². The number of rotatable bonds is 4. The zero-order chi connectivity index (χ0) is 13.0. The maximum Gasteiger partial charge on any atom is 0.242 e. The Balaban J connectivity index is 2.15. The lowest BCUT2D eigenvalue weighted by atomic mass is 10.2. The average molecular weight is 251 g/mol. The summed E-state index contributed by atoms with van der Waals surface area (Å²) in [4.78, 5) is 21.7. The molecule has 0 aliphatic carbocycles. The maximum atomic E-state index is 11.3. The van der Waals surface area contributed by atoms with Crippen LogP contribution in [0.3, 0.4) is 0 Å². The minimum absolute atomic E-state index is 0.289.